The van der Waals surface area contributed by atoms with Crippen molar-refractivity contribution in [2.24, 2.45) is 5.92 Å². The van der Waals surface area contributed by atoms with Crippen molar-refractivity contribution in [1.29, 1.82) is 0 Å². The lowest BCUT2D eigenvalue weighted by atomic mass is 10.1. The van der Waals surface area contributed by atoms with Gasteiger partial charge in [0.15, 0.2) is 0 Å². The summed E-state index contributed by atoms with van der Waals surface area (Å²) in [6.45, 7) is 5.88. The van der Waals surface area contributed by atoms with Crippen LogP contribution in [0.5, 0.6) is 0 Å². The van der Waals surface area contributed by atoms with Crippen LogP contribution in [0.3, 0.4) is 0 Å². The van der Waals surface area contributed by atoms with Gasteiger partial charge in [-0.3, -0.25) is 4.79 Å². The number of carbonyl (C=O) groups excluding carboxylic acids is 1. The molecule has 1 aliphatic rings. The number of hydrogen-bond donors (Lipinski definition) is 1. The molecule has 3 aromatic rings. The molecule has 2 heterocycles. The highest BCUT2D eigenvalue weighted by Crippen LogP contribution is 2.29. The van der Waals surface area contributed by atoms with E-state index in [1.807, 2.05) is 11.1 Å². The number of likely N-dealkylation sites (tertiary alicyclic amines) is 1. The molecule has 1 saturated heterocycles. The molecule has 1 aromatic heterocycles. The van der Waals surface area contributed by atoms with Crippen LogP contribution in [0.2, 0.25) is 0 Å². The summed E-state index contributed by atoms with van der Waals surface area (Å²) in [5.74, 6) is 1.82. The maximum Gasteiger partial charge on any atom is 0.223 e. The van der Waals surface area contributed by atoms with Gasteiger partial charge >= 0.3 is 0 Å². The predicted molar refractivity (Wildman–Crippen MR) is 100 cm³/mol. The van der Waals surface area contributed by atoms with Crippen LogP contribution in [0.4, 0.5) is 0 Å². The average molecular weight is 333 g/mol. The number of carbonyl (C=O) groups is 1. The summed E-state index contributed by atoms with van der Waals surface area (Å²) in [4.78, 5) is 22.2. The van der Waals surface area contributed by atoms with Crippen molar-refractivity contribution in [3.63, 3.8) is 0 Å². The van der Waals surface area contributed by atoms with Crippen LogP contribution in [0.15, 0.2) is 48.7 Å². The van der Waals surface area contributed by atoms with E-state index in [4.69, 9.17) is 0 Å². The zero-order valence-electron chi connectivity index (χ0n) is 14.7. The second-order valence-electron chi connectivity index (χ2n) is 7.34. The molecule has 1 amide bonds. The van der Waals surface area contributed by atoms with Crippen LogP contribution >= 0.6 is 0 Å². The van der Waals surface area contributed by atoms with Crippen molar-refractivity contribution in [1.82, 2.24) is 14.9 Å². The molecule has 4 heteroatoms. The van der Waals surface area contributed by atoms with E-state index in [0.29, 0.717) is 12.3 Å². The zero-order chi connectivity index (χ0) is 17.4. The van der Waals surface area contributed by atoms with Crippen LogP contribution in [0, 0.1) is 5.92 Å². The Kier molecular flexibility index (Phi) is 4.04. The van der Waals surface area contributed by atoms with Crippen LogP contribution in [-0.4, -0.2) is 33.9 Å². The second kappa shape index (κ2) is 6.36. The van der Waals surface area contributed by atoms with Crippen LogP contribution in [0.1, 0.15) is 32.0 Å². The molecule has 1 N–H and O–H groups in total. The third-order valence-corrected chi connectivity index (χ3v) is 4.84. The van der Waals surface area contributed by atoms with Gasteiger partial charge in [-0.15, -0.1) is 0 Å². The van der Waals surface area contributed by atoms with Gasteiger partial charge in [-0.1, -0.05) is 50.2 Å². The van der Waals surface area contributed by atoms with Gasteiger partial charge in [-0.2, -0.15) is 0 Å². The number of imidazole rings is 1. The zero-order valence-corrected chi connectivity index (χ0v) is 14.7. The molecule has 0 bridgehead atoms. The molecule has 0 radical (unpaired) electrons. The van der Waals surface area contributed by atoms with Crippen molar-refractivity contribution in [3.8, 4) is 11.3 Å². The number of aromatic nitrogens is 2. The minimum atomic E-state index is 0.167. The Morgan fingerprint density at radius 2 is 2.00 bits per heavy atom. The lowest BCUT2D eigenvalue weighted by Gasteiger charge is -2.18. The largest absolute Gasteiger partial charge is 0.342 e. The molecular formula is C21H23N3O. The van der Waals surface area contributed by atoms with E-state index >= 15 is 0 Å². The van der Waals surface area contributed by atoms with Crippen molar-refractivity contribution >= 4 is 16.7 Å². The van der Waals surface area contributed by atoms with Gasteiger partial charge in [-0.05, 0) is 22.8 Å². The third kappa shape index (κ3) is 3.16. The number of nitrogens with one attached hydrogen (secondary N) is 1. The van der Waals surface area contributed by atoms with E-state index in [9.17, 15) is 4.79 Å². The first-order valence-corrected chi connectivity index (χ1v) is 8.92. The molecule has 1 aliphatic heterocycles. The molecule has 0 unspecified atom stereocenters. The van der Waals surface area contributed by atoms with E-state index < -0.39 is 0 Å². The number of benzene rings is 2. The standard InChI is InChI=1S/C21H23N3O/c1-14(2)12-24-13-18(10-20(24)25)21-22-11-19(23-21)17-8-7-15-5-3-4-6-16(15)9-17/h3-9,11,14,18H,10,12-13H2,1-2H3,(H,22,23)/t18-/m1/s1. The Labute approximate surface area is 147 Å². The van der Waals surface area contributed by atoms with E-state index in [1.54, 1.807) is 0 Å². The lowest BCUT2D eigenvalue weighted by Crippen LogP contribution is -2.29. The predicted octanol–water partition coefficient (Wildman–Crippen LogP) is 4.20. The summed E-state index contributed by atoms with van der Waals surface area (Å²) < 4.78 is 0. The van der Waals surface area contributed by atoms with Gasteiger partial charge < -0.3 is 9.88 Å². The SMILES string of the molecule is CC(C)CN1C[C@H](c2ncc(-c3ccc4ccccc4c3)[nH]2)CC1=O. The fourth-order valence-corrected chi connectivity index (χ4v) is 3.62. The first-order valence-electron chi connectivity index (χ1n) is 8.92. The molecule has 0 saturated carbocycles. The summed E-state index contributed by atoms with van der Waals surface area (Å²) >= 11 is 0. The van der Waals surface area contributed by atoms with E-state index in [-0.39, 0.29) is 11.8 Å². The highest BCUT2D eigenvalue weighted by Gasteiger charge is 2.32. The molecular weight excluding hydrogens is 310 g/mol. The number of aromatic amines is 1. The van der Waals surface area contributed by atoms with Crippen molar-refractivity contribution < 1.29 is 4.79 Å². The van der Waals surface area contributed by atoms with Gasteiger partial charge in [0.05, 0.1) is 11.9 Å². The van der Waals surface area contributed by atoms with E-state index in [2.05, 4.69) is 66.3 Å². The summed E-state index contributed by atoms with van der Waals surface area (Å²) in [5, 5.41) is 2.45. The topological polar surface area (TPSA) is 49.0 Å². The molecule has 1 atom stereocenters. The second-order valence-corrected chi connectivity index (χ2v) is 7.34. The number of rotatable bonds is 4. The highest BCUT2D eigenvalue weighted by atomic mass is 16.2. The molecule has 2 aromatic carbocycles. The Morgan fingerprint density at radius 3 is 2.80 bits per heavy atom. The molecule has 1 fully saturated rings. The number of nitrogens with zero attached hydrogens (tertiary/aromatic N) is 2. The number of fused-ring (bicyclic) bond motifs is 1. The van der Waals surface area contributed by atoms with Crippen LogP contribution < -0.4 is 0 Å². The Hall–Kier alpha value is -2.62. The number of amides is 1. The van der Waals surface area contributed by atoms with Crippen molar-refractivity contribution in [3.05, 3.63) is 54.5 Å². The third-order valence-electron chi connectivity index (χ3n) is 4.84. The highest BCUT2D eigenvalue weighted by molar-refractivity contribution is 5.86. The van der Waals surface area contributed by atoms with E-state index in [1.165, 1.54) is 10.8 Å². The Morgan fingerprint density at radius 1 is 1.20 bits per heavy atom. The minimum Gasteiger partial charge on any atom is -0.342 e. The number of H-pyrrole nitrogens is 1. The summed E-state index contributed by atoms with van der Waals surface area (Å²) in [5.41, 5.74) is 2.14. The maximum atomic E-state index is 12.2. The average Bonchev–Trinajstić information content (AvgIpc) is 3.22. The fourth-order valence-electron chi connectivity index (χ4n) is 3.62. The van der Waals surface area contributed by atoms with Gasteiger partial charge in [0.2, 0.25) is 5.91 Å². The summed E-state index contributed by atoms with van der Waals surface area (Å²) in [6.07, 6.45) is 2.44. The first-order chi connectivity index (χ1) is 12.1. The minimum absolute atomic E-state index is 0.167. The first kappa shape index (κ1) is 15.9. The summed E-state index contributed by atoms with van der Waals surface area (Å²) in [6, 6.07) is 14.8. The smallest absolute Gasteiger partial charge is 0.223 e. The number of hydrogen-bond acceptors (Lipinski definition) is 2. The van der Waals surface area contributed by atoms with Crippen LogP contribution in [0.25, 0.3) is 22.0 Å². The molecule has 4 nitrogen and oxygen atoms in total. The van der Waals surface area contributed by atoms with E-state index in [0.717, 1.165) is 30.2 Å². The van der Waals surface area contributed by atoms with Crippen LogP contribution in [-0.2, 0) is 4.79 Å². The molecule has 128 valence electrons. The van der Waals surface area contributed by atoms with Crippen molar-refractivity contribution in [2.75, 3.05) is 13.1 Å². The molecule has 4 rings (SSSR count). The quantitative estimate of drug-likeness (QED) is 0.778. The maximum absolute atomic E-state index is 12.2. The van der Waals surface area contributed by atoms with Gasteiger partial charge in [0.25, 0.3) is 0 Å². The molecule has 25 heavy (non-hydrogen) atoms. The van der Waals surface area contributed by atoms with Gasteiger partial charge in [0.1, 0.15) is 5.82 Å². The lowest BCUT2D eigenvalue weighted by molar-refractivity contribution is -0.128. The molecule has 0 spiro atoms. The Balaban J connectivity index is 1.56. The fraction of sp³-hybridized carbons (Fsp3) is 0.333. The normalized spacial score (nSPS) is 17.8. The van der Waals surface area contributed by atoms with Gasteiger partial charge in [0, 0.05) is 31.0 Å². The van der Waals surface area contributed by atoms with Gasteiger partial charge in [-0.25, -0.2) is 4.98 Å². The monoisotopic (exact) mass is 333 g/mol. The Bertz CT molecular complexity index is 912. The molecule has 0 aliphatic carbocycles. The summed E-state index contributed by atoms with van der Waals surface area (Å²) in [7, 11) is 0. The van der Waals surface area contributed by atoms with Crippen molar-refractivity contribution in [2.45, 2.75) is 26.2 Å².